The lowest BCUT2D eigenvalue weighted by atomic mass is 10.00. The first-order valence-electron chi connectivity index (χ1n) is 9.98. The Morgan fingerprint density at radius 2 is 1.55 bits per heavy atom. The highest BCUT2D eigenvalue weighted by Gasteiger charge is 2.17. The molecule has 1 heterocycles. The Morgan fingerprint density at radius 3 is 2.16 bits per heavy atom. The highest BCUT2D eigenvalue weighted by atomic mass is 19.1. The molecule has 0 saturated carbocycles. The van der Waals surface area contributed by atoms with Gasteiger partial charge in [0, 0.05) is 40.8 Å². The largest absolute Gasteiger partial charge is 0.341 e. The molecular weight excluding hydrogens is 395 g/mol. The predicted molar refractivity (Wildman–Crippen MR) is 119 cm³/mol. The van der Waals surface area contributed by atoms with E-state index in [9.17, 15) is 14.0 Å². The molecule has 31 heavy (non-hydrogen) atoms. The van der Waals surface area contributed by atoms with Gasteiger partial charge in [-0.15, -0.1) is 0 Å². The number of carbonyl (C=O) groups is 2. The van der Waals surface area contributed by atoms with E-state index in [-0.39, 0.29) is 11.3 Å². The summed E-state index contributed by atoms with van der Waals surface area (Å²) in [5.41, 5.74) is 3.82. The molecule has 4 aromatic rings. The van der Waals surface area contributed by atoms with E-state index in [0.717, 1.165) is 33.9 Å². The molecule has 0 bridgehead atoms. The van der Waals surface area contributed by atoms with Crippen LogP contribution in [-0.4, -0.2) is 22.0 Å². The molecule has 0 aliphatic heterocycles. The molecule has 0 unspecified atom stereocenters. The number of fused-ring (bicyclic) bond motifs is 3. The molecule has 0 aliphatic rings. The number of hydrogen-bond donors (Lipinski definition) is 0. The molecule has 0 atom stereocenters. The number of oxime groups is 1. The zero-order valence-corrected chi connectivity index (χ0v) is 17.5. The van der Waals surface area contributed by atoms with Gasteiger partial charge in [-0.25, -0.2) is 9.18 Å². The standard InChI is InChI=1S/C25H21FN2O3/c1-4-28-23-11-9-17(15(2)27-31-16(3)29)13-20(23)21-14-18(10-12-24(21)28)25(30)19-7-5-6-8-22(19)26/h5-14H,4H2,1-3H3/b27-15-. The fourth-order valence-corrected chi connectivity index (χ4v) is 3.80. The zero-order valence-electron chi connectivity index (χ0n) is 17.5. The third kappa shape index (κ3) is 3.72. The van der Waals surface area contributed by atoms with Crippen molar-refractivity contribution in [3.8, 4) is 0 Å². The van der Waals surface area contributed by atoms with Crippen LogP contribution in [0.15, 0.2) is 65.8 Å². The minimum absolute atomic E-state index is 0.0473. The van der Waals surface area contributed by atoms with Gasteiger partial charge >= 0.3 is 5.97 Å². The number of nitrogens with zero attached hydrogens (tertiary/aromatic N) is 2. The van der Waals surface area contributed by atoms with Gasteiger partial charge in [0.2, 0.25) is 0 Å². The molecule has 5 nitrogen and oxygen atoms in total. The van der Waals surface area contributed by atoms with Crippen LogP contribution >= 0.6 is 0 Å². The summed E-state index contributed by atoms with van der Waals surface area (Å²) in [5, 5.41) is 5.70. The van der Waals surface area contributed by atoms with Gasteiger partial charge in [0.25, 0.3) is 0 Å². The maximum absolute atomic E-state index is 14.1. The third-order valence-electron chi connectivity index (χ3n) is 5.29. The zero-order chi connectivity index (χ0) is 22.1. The van der Waals surface area contributed by atoms with Gasteiger partial charge in [0.05, 0.1) is 11.3 Å². The average Bonchev–Trinajstić information content (AvgIpc) is 3.09. The van der Waals surface area contributed by atoms with E-state index in [2.05, 4.69) is 16.6 Å². The van der Waals surface area contributed by atoms with Gasteiger partial charge < -0.3 is 9.40 Å². The maximum Gasteiger partial charge on any atom is 0.331 e. The number of ketones is 1. The topological polar surface area (TPSA) is 60.7 Å². The molecule has 156 valence electrons. The van der Waals surface area contributed by atoms with E-state index >= 15 is 0 Å². The Balaban J connectivity index is 1.89. The first-order valence-corrected chi connectivity index (χ1v) is 9.98. The predicted octanol–water partition coefficient (Wildman–Crippen LogP) is 5.47. The van der Waals surface area contributed by atoms with E-state index in [0.29, 0.717) is 11.3 Å². The van der Waals surface area contributed by atoms with Crippen molar-refractivity contribution < 1.29 is 18.8 Å². The Morgan fingerprint density at radius 1 is 0.935 bits per heavy atom. The van der Waals surface area contributed by atoms with E-state index in [1.807, 2.05) is 24.3 Å². The van der Waals surface area contributed by atoms with Crippen molar-refractivity contribution in [1.82, 2.24) is 4.57 Å². The average molecular weight is 416 g/mol. The summed E-state index contributed by atoms with van der Waals surface area (Å²) in [6.45, 7) is 5.86. The van der Waals surface area contributed by atoms with Crippen LogP contribution in [0, 0.1) is 5.82 Å². The smallest absolute Gasteiger partial charge is 0.331 e. The van der Waals surface area contributed by atoms with Gasteiger partial charge in [-0.1, -0.05) is 23.4 Å². The van der Waals surface area contributed by atoms with Gasteiger partial charge in [0.15, 0.2) is 5.78 Å². The third-order valence-corrected chi connectivity index (χ3v) is 5.29. The maximum atomic E-state index is 14.1. The number of aromatic nitrogens is 1. The molecule has 0 N–H and O–H groups in total. The van der Waals surface area contributed by atoms with Crippen LogP contribution in [0.3, 0.4) is 0 Å². The van der Waals surface area contributed by atoms with E-state index in [1.54, 1.807) is 31.2 Å². The van der Waals surface area contributed by atoms with Gasteiger partial charge in [0.1, 0.15) is 5.82 Å². The minimum Gasteiger partial charge on any atom is -0.341 e. The molecule has 0 fully saturated rings. The summed E-state index contributed by atoms with van der Waals surface area (Å²) in [5.74, 6) is -1.39. The van der Waals surface area contributed by atoms with Crippen molar-refractivity contribution in [1.29, 1.82) is 0 Å². The van der Waals surface area contributed by atoms with Crippen LogP contribution in [0.4, 0.5) is 4.39 Å². The number of carbonyl (C=O) groups excluding carboxylic acids is 2. The van der Waals surface area contributed by atoms with Gasteiger partial charge in [-0.3, -0.25) is 4.79 Å². The second-order valence-electron chi connectivity index (χ2n) is 7.28. The quantitative estimate of drug-likeness (QED) is 0.188. The first kappa shape index (κ1) is 20.5. The SMILES string of the molecule is CCn1c2ccc(C(=O)c3ccccc3F)cc2c2cc(/C(C)=N\OC(C)=O)ccc21. The second kappa shape index (κ2) is 8.14. The minimum atomic E-state index is -0.539. The molecule has 0 saturated heterocycles. The summed E-state index contributed by atoms with van der Waals surface area (Å²) in [7, 11) is 0. The fourth-order valence-electron chi connectivity index (χ4n) is 3.80. The van der Waals surface area contributed by atoms with Gasteiger partial charge in [-0.05, 0) is 61.9 Å². The first-order chi connectivity index (χ1) is 14.9. The van der Waals surface area contributed by atoms with Crippen LogP contribution < -0.4 is 0 Å². The molecular formula is C25H21FN2O3. The molecule has 0 spiro atoms. The van der Waals surface area contributed by atoms with Crippen LogP contribution in [0.2, 0.25) is 0 Å². The number of rotatable bonds is 5. The Hall–Kier alpha value is -3.80. The van der Waals surface area contributed by atoms with Crippen LogP contribution in [0.5, 0.6) is 0 Å². The lowest BCUT2D eigenvalue weighted by molar-refractivity contribution is -0.140. The number of aryl methyl sites for hydroxylation is 1. The molecule has 1 aromatic heterocycles. The normalized spacial score (nSPS) is 11.8. The van der Waals surface area contributed by atoms with Gasteiger partial charge in [-0.2, -0.15) is 0 Å². The molecule has 4 rings (SSSR count). The monoisotopic (exact) mass is 416 g/mol. The van der Waals surface area contributed by atoms with Crippen molar-refractivity contribution in [3.05, 3.63) is 83.2 Å². The number of benzene rings is 3. The highest BCUT2D eigenvalue weighted by Crippen LogP contribution is 2.31. The Bertz CT molecular complexity index is 1370. The van der Waals surface area contributed by atoms with E-state index in [1.165, 1.54) is 19.1 Å². The fraction of sp³-hybridized carbons (Fsp3) is 0.160. The summed E-state index contributed by atoms with van der Waals surface area (Å²) in [6, 6.07) is 17.3. The summed E-state index contributed by atoms with van der Waals surface area (Å²) < 4.78 is 16.3. The van der Waals surface area contributed by atoms with E-state index < -0.39 is 11.8 Å². The number of halogens is 1. The molecule has 0 radical (unpaired) electrons. The Labute approximate surface area is 178 Å². The Kier molecular flexibility index (Phi) is 5.38. The van der Waals surface area contributed by atoms with Crippen molar-refractivity contribution in [3.63, 3.8) is 0 Å². The summed E-state index contributed by atoms with van der Waals surface area (Å²) in [6.07, 6.45) is 0. The molecule has 3 aromatic carbocycles. The summed E-state index contributed by atoms with van der Waals surface area (Å²) in [4.78, 5) is 28.8. The molecule has 0 amide bonds. The molecule has 6 heteroatoms. The van der Waals surface area contributed by atoms with Crippen molar-refractivity contribution in [2.75, 3.05) is 0 Å². The van der Waals surface area contributed by atoms with Crippen molar-refractivity contribution in [2.24, 2.45) is 5.16 Å². The second-order valence-corrected chi connectivity index (χ2v) is 7.28. The van der Waals surface area contributed by atoms with Crippen LogP contribution in [0.25, 0.3) is 21.8 Å². The lowest BCUT2D eigenvalue weighted by Gasteiger charge is -2.05. The lowest BCUT2D eigenvalue weighted by Crippen LogP contribution is -2.04. The van der Waals surface area contributed by atoms with Crippen LogP contribution in [0.1, 0.15) is 42.3 Å². The van der Waals surface area contributed by atoms with Crippen molar-refractivity contribution >= 4 is 39.3 Å². The van der Waals surface area contributed by atoms with Crippen LogP contribution in [-0.2, 0) is 16.2 Å². The summed E-state index contributed by atoms with van der Waals surface area (Å²) >= 11 is 0. The van der Waals surface area contributed by atoms with Crippen molar-refractivity contribution in [2.45, 2.75) is 27.3 Å². The van der Waals surface area contributed by atoms with E-state index in [4.69, 9.17) is 4.84 Å². The number of hydrogen-bond acceptors (Lipinski definition) is 4. The molecule has 0 aliphatic carbocycles. The highest BCUT2D eigenvalue weighted by molar-refractivity contribution is 6.16.